The number of aromatic nitrogens is 4. The Kier molecular flexibility index (Phi) is 2.99. The highest BCUT2D eigenvalue weighted by atomic mass is 15.3. The third-order valence-electron chi connectivity index (χ3n) is 4.01. The third-order valence-corrected chi connectivity index (χ3v) is 4.01. The molecule has 1 aliphatic rings. The molecule has 0 atom stereocenters. The predicted molar refractivity (Wildman–Crippen MR) is 86.0 cm³/mol. The maximum Gasteiger partial charge on any atom is 0.147 e. The van der Waals surface area contributed by atoms with Crippen LogP contribution < -0.4 is 4.90 Å². The van der Waals surface area contributed by atoms with Crippen LogP contribution in [-0.4, -0.2) is 33.0 Å². The van der Waals surface area contributed by atoms with E-state index in [0.717, 1.165) is 47.2 Å². The molecule has 0 saturated carbocycles. The summed E-state index contributed by atoms with van der Waals surface area (Å²) < 4.78 is 0. The largest absolute Gasteiger partial charge is 0.354 e. The molecular formula is C17H17N5. The maximum absolute atomic E-state index is 4.68. The van der Waals surface area contributed by atoms with Gasteiger partial charge in [0.15, 0.2) is 0 Å². The number of anilines is 1. The number of rotatable bonds is 2. The minimum atomic E-state index is 0.381. The van der Waals surface area contributed by atoms with Gasteiger partial charge >= 0.3 is 0 Å². The van der Waals surface area contributed by atoms with Crippen molar-refractivity contribution in [1.82, 2.24) is 19.9 Å². The van der Waals surface area contributed by atoms with Crippen LogP contribution in [0.1, 0.15) is 23.1 Å². The van der Waals surface area contributed by atoms with Crippen LogP contribution in [0.25, 0.3) is 11.0 Å². The van der Waals surface area contributed by atoms with Crippen LogP contribution in [-0.2, 0) is 0 Å². The third kappa shape index (κ3) is 2.28. The average molecular weight is 291 g/mol. The van der Waals surface area contributed by atoms with E-state index in [4.69, 9.17) is 0 Å². The number of aryl methyl sites for hydroxylation is 2. The van der Waals surface area contributed by atoms with E-state index >= 15 is 0 Å². The Hall–Kier alpha value is -2.56. The van der Waals surface area contributed by atoms with E-state index in [0.29, 0.717) is 5.92 Å². The Morgan fingerprint density at radius 3 is 2.36 bits per heavy atom. The van der Waals surface area contributed by atoms with Crippen molar-refractivity contribution >= 4 is 16.9 Å². The van der Waals surface area contributed by atoms with Gasteiger partial charge in [0.1, 0.15) is 11.6 Å². The van der Waals surface area contributed by atoms with Crippen LogP contribution in [0, 0.1) is 13.8 Å². The summed E-state index contributed by atoms with van der Waals surface area (Å²) >= 11 is 0. The van der Waals surface area contributed by atoms with Gasteiger partial charge in [-0.15, -0.1) is 0 Å². The topological polar surface area (TPSA) is 54.8 Å². The molecule has 5 nitrogen and oxygen atoms in total. The van der Waals surface area contributed by atoms with Gasteiger partial charge in [-0.2, -0.15) is 0 Å². The van der Waals surface area contributed by atoms with Crippen LogP contribution >= 0.6 is 0 Å². The second-order valence-corrected chi connectivity index (χ2v) is 5.83. The molecule has 3 heterocycles. The first-order chi connectivity index (χ1) is 10.7. The summed E-state index contributed by atoms with van der Waals surface area (Å²) in [6, 6.07) is 9.95. The molecule has 0 unspecified atom stereocenters. The van der Waals surface area contributed by atoms with Gasteiger partial charge in [-0.05, 0) is 32.0 Å². The normalized spacial score (nSPS) is 15.1. The van der Waals surface area contributed by atoms with Crippen molar-refractivity contribution in [2.75, 3.05) is 18.0 Å². The average Bonchev–Trinajstić information content (AvgIpc) is 2.44. The minimum absolute atomic E-state index is 0.381. The molecule has 0 radical (unpaired) electrons. The lowest BCUT2D eigenvalue weighted by molar-refractivity contribution is 0.494. The zero-order valence-corrected chi connectivity index (χ0v) is 12.7. The molecule has 1 fully saturated rings. The van der Waals surface area contributed by atoms with E-state index in [1.807, 2.05) is 50.4 Å². The molecule has 4 rings (SSSR count). The Morgan fingerprint density at radius 1 is 0.955 bits per heavy atom. The first-order valence-corrected chi connectivity index (χ1v) is 7.48. The van der Waals surface area contributed by atoms with E-state index in [-0.39, 0.29) is 0 Å². The summed E-state index contributed by atoms with van der Waals surface area (Å²) in [5.74, 6) is 2.26. The molecule has 0 aliphatic carbocycles. The van der Waals surface area contributed by atoms with Crippen molar-refractivity contribution in [1.29, 1.82) is 0 Å². The monoisotopic (exact) mass is 291 g/mol. The zero-order valence-electron chi connectivity index (χ0n) is 12.7. The van der Waals surface area contributed by atoms with Crippen molar-refractivity contribution in [3.63, 3.8) is 0 Å². The molecule has 0 amide bonds. The number of benzene rings is 1. The number of hydrogen-bond acceptors (Lipinski definition) is 5. The van der Waals surface area contributed by atoms with Gasteiger partial charge in [0.25, 0.3) is 0 Å². The van der Waals surface area contributed by atoms with E-state index in [1.165, 1.54) is 0 Å². The fraction of sp³-hybridized carbons (Fsp3) is 0.294. The fourth-order valence-electron chi connectivity index (χ4n) is 2.86. The summed E-state index contributed by atoms with van der Waals surface area (Å²) in [5, 5.41) is 0. The lowest BCUT2D eigenvalue weighted by atomic mass is 9.99. The predicted octanol–water partition coefficient (Wildman–Crippen LogP) is 2.64. The van der Waals surface area contributed by atoms with Crippen LogP contribution in [0.2, 0.25) is 0 Å². The molecule has 1 aromatic carbocycles. The smallest absolute Gasteiger partial charge is 0.147 e. The highest BCUT2D eigenvalue weighted by Gasteiger charge is 2.31. The minimum Gasteiger partial charge on any atom is -0.354 e. The Bertz CT molecular complexity index is 819. The second kappa shape index (κ2) is 5.02. The number of fused-ring (bicyclic) bond motifs is 1. The van der Waals surface area contributed by atoms with Gasteiger partial charge in [-0.1, -0.05) is 12.1 Å². The molecule has 22 heavy (non-hydrogen) atoms. The summed E-state index contributed by atoms with van der Waals surface area (Å²) in [4.78, 5) is 20.5. The van der Waals surface area contributed by atoms with Gasteiger partial charge in [-0.25, -0.2) is 15.0 Å². The molecule has 5 heteroatoms. The Balaban J connectivity index is 1.54. The molecule has 0 bridgehead atoms. The van der Waals surface area contributed by atoms with Gasteiger partial charge in [0.05, 0.1) is 23.1 Å². The molecule has 2 aromatic heterocycles. The lowest BCUT2D eigenvalue weighted by Crippen LogP contribution is -2.46. The van der Waals surface area contributed by atoms with E-state index in [1.54, 1.807) is 0 Å². The molecule has 3 aromatic rings. The zero-order chi connectivity index (χ0) is 15.1. The van der Waals surface area contributed by atoms with E-state index < -0.39 is 0 Å². The fourth-order valence-corrected chi connectivity index (χ4v) is 2.86. The van der Waals surface area contributed by atoms with Crippen molar-refractivity contribution in [2.24, 2.45) is 0 Å². The summed E-state index contributed by atoms with van der Waals surface area (Å²) in [7, 11) is 0. The molecule has 1 saturated heterocycles. The van der Waals surface area contributed by atoms with E-state index in [9.17, 15) is 0 Å². The first kappa shape index (κ1) is 13.1. The number of hydrogen-bond donors (Lipinski definition) is 0. The summed E-state index contributed by atoms with van der Waals surface area (Å²) in [6.07, 6.45) is 1.85. The Morgan fingerprint density at radius 2 is 1.64 bits per heavy atom. The quantitative estimate of drug-likeness (QED) is 0.726. The molecule has 110 valence electrons. The molecular weight excluding hydrogens is 274 g/mol. The highest BCUT2D eigenvalue weighted by molar-refractivity contribution is 5.75. The van der Waals surface area contributed by atoms with Gasteiger partial charge in [0, 0.05) is 24.5 Å². The first-order valence-electron chi connectivity index (χ1n) is 7.48. The standard InChI is InChI=1S/C17H17N5/c1-11-7-12(2)20-17(19-11)13-9-22(10-13)16-8-18-14-5-3-4-6-15(14)21-16/h3-8,13H,9-10H2,1-2H3. The van der Waals surface area contributed by atoms with Crippen molar-refractivity contribution < 1.29 is 0 Å². The Labute approximate surface area is 129 Å². The maximum atomic E-state index is 4.68. The van der Waals surface area contributed by atoms with Gasteiger partial charge in [0.2, 0.25) is 0 Å². The second-order valence-electron chi connectivity index (χ2n) is 5.83. The SMILES string of the molecule is Cc1cc(C)nc(C2CN(c3cnc4ccccc4n3)C2)n1. The van der Waals surface area contributed by atoms with Crippen molar-refractivity contribution in [2.45, 2.75) is 19.8 Å². The summed E-state index contributed by atoms with van der Waals surface area (Å²) in [5.41, 5.74) is 3.94. The lowest BCUT2D eigenvalue weighted by Gasteiger charge is -2.39. The van der Waals surface area contributed by atoms with Crippen LogP contribution in [0.3, 0.4) is 0 Å². The van der Waals surface area contributed by atoms with Gasteiger partial charge in [-0.3, -0.25) is 4.98 Å². The van der Waals surface area contributed by atoms with Gasteiger partial charge < -0.3 is 4.90 Å². The molecule has 0 spiro atoms. The molecule has 1 aliphatic heterocycles. The van der Waals surface area contributed by atoms with Crippen LogP contribution in [0.4, 0.5) is 5.82 Å². The number of nitrogens with zero attached hydrogens (tertiary/aromatic N) is 5. The van der Waals surface area contributed by atoms with Crippen LogP contribution in [0.5, 0.6) is 0 Å². The van der Waals surface area contributed by atoms with Crippen molar-refractivity contribution in [3.8, 4) is 0 Å². The van der Waals surface area contributed by atoms with Crippen molar-refractivity contribution in [3.05, 3.63) is 53.7 Å². The highest BCUT2D eigenvalue weighted by Crippen LogP contribution is 2.29. The van der Waals surface area contributed by atoms with Crippen LogP contribution in [0.15, 0.2) is 36.5 Å². The summed E-state index contributed by atoms with van der Waals surface area (Å²) in [6.45, 7) is 5.83. The van der Waals surface area contributed by atoms with E-state index in [2.05, 4.69) is 24.8 Å². The number of para-hydroxylation sites is 2. The molecule has 0 N–H and O–H groups in total.